The van der Waals surface area contributed by atoms with Gasteiger partial charge in [-0.15, -0.1) is 0 Å². The lowest BCUT2D eigenvalue weighted by atomic mass is 10.3. The first-order valence-electron chi connectivity index (χ1n) is 4.42. The van der Waals surface area contributed by atoms with Gasteiger partial charge in [-0.05, 0) is 6.92 Å². The lowest BCUT2D eigenvalue weighted by Gasteiger charge is -2.18. The number of halogens is 4. The molecule has 0 bridgehead atoms. The molecule has 0 aliphatic heterocycles. The third kappa shape index (κ3) is 4.96. The van der Waals surface area contributed by atoms with E-state index >= 15 is 0 Å². The molecule has 0 aromatic heterocycles. The average Bonchev–Trinajstić information content (AvgIpc) is 2.15. The van der Waals surface area contributed by atoms with Crippen LogP contribution in [0.2, 0.25) is 0 Å². The summed E-state index contributed by atoms with van der Waals surface area (Å²) in [6.07, 6.45) is -3.72. The molecular weight excluding hydrogens is 216 g/mol. The quantitative estimate of drug-likeness (QED) is 0.689. The Morgan fingerprint density at radius 3 is 2.40 bits per heavy atom. The molecule has 15 heavy (non-hydrogen) atoms. The minimum Gasteiger partial charge on any atom is -0.345 e. The number of amides is 1. The van der Waals surface area contributed by atoms with Gasteiger partial charge in [0, 0.05) is 13.6 Å². The van der Waals surface area contributed by atoms with Crippen molar-refractivity contribution in [3.05, 3.63) is 0 Å². The van der Waals surface area contributed by atoms with E-state index in [-0.39, 0.29) is 6.54 Å². The van der Waals surface area contributed by atoms with Crippen LogP contribution < -0.4 is 5.32 Å². The Hall–Kier alpha value is -0.850. The van der Waals surface area contributed by atoms with Crippen molar-refractivity contribution in [3.63, 3.8) is 0 Å². The van der Waals surface area contributed by atoms with Crippen LogP contribution in [-0.4, -0.2) is 49.8 Å². The van der Waals surface area contributed by atoms with Gasteiger partial charge in [0.1, 0.15) is 0 Å². The van der Waals surface area contributed by atoms with Gasteiger partial charge in [0.05, 0.1) is 13.1 Å². The molecule has 0 heterocycles. The van der Waals surface area contributed by atoms with E-state index in [9.17, 15) is 22.4 Å². The fourth-order valence-corrected chi connectivity index (χ4v) is 0.725. The molecule has 3 nitrogen and oxygen atoms in total. The number of hydrogen-bond donors (Lipinski definition) is 1. The monoisotopic (exact) mass is 230 g/mol. The largest absolute Gasteiger partial charge is 0.345 e. The lowest BCUT2D eigenvalue weighted by molar-refractivity contribution is -0.133. The fourth-order valence-electron chi connectivity index (χ4n) is 0.725. The molecule has 0 rings (SSSR count). The molecule has 0 spiro atoms. The van der Waals surface area contributed by atoms with E-state index in [0.717, 1.165) is 0 Å². The molecule has 0 saturated carbocycles. The Balaban J connectivity index is 3.85. The predicted molar refractivity (Wildman–Crippen MR) is 47.1 cm³/mol. The summed E-state index contributed by atoms with van der Waals surface area (Å²) in [5.41, 5.74) is 0. The minimum absolute atomic E-state index is 0.368. The zero-order chi connectivity index (χ0) is 12.1. The van der Waals surface area contributed by atoms with Gasteiger partial charge in [-0.25, -0.2) is 8.78 Å². The second kappa shape index (κ2) is 5.89. The molecule has 0 atom stereocenters. The third-order valence-electron chi connectivity index (χ3n) is 1.86. The Labute approximate surface area is 85.4 Å². The molecule has 1 amide bonds. The van der Waals surface area contributed by atoms with E-state index in [1.165, 1.54) is 11.9 Å². The van der Waals surface area contributed by atoms with Gasteiger partial charge >= 0.3 is 12.3 Å². The highest BCUT2D eigenvalue weighted by atomic mass is 19.3. The van der Waals surface area contributed by atoms with E-state index in [1.807, 2.05) is 5.32 Å². The number of carbonyl (C=O) groups excluding carboxylic acids is 1. The first kappa shape index (κ1) is 14.2. The van der Waals surface area contributed by atoms with Crippen LogP contribution in [0.4, 0.5) is 17.6 Å². The van der Waals surface area contributed by atoms with E-state index in [4.69, 9.17) is 0 Å². The van der Waals surface area contributed by atoms with E-state index < -0.39 is 24.8 Å². The second-order valence-corrected chi connectivity index (χ2v) is 3.07. The third-order valence-corrected chi connectivity index (χ3v) is 1.86. The van der Waals surface area contributed by atoms with Crippen LogP contribution in [0.3, 0.4) is 0 Å². The van der Waals surface area contributed by atoms with E-state index in [1.54, 1.807) is 6.92 Å². The molecule has 0 unspecified atom stereocenters. The number of hydrogen-bond acceptors (Lipinski definition) is 2. The second-order valence-electron chi connectivity index (χ2n) is 3.07. The van der Waals surface area contributed by atoms with Gasteiger partial charge in [-0.1, -0.05) is 0 Å². The standard InChI is InChI=1S/C8H14F4N2O/c1-3-14(2)6(15)4-13-5-8(11,12)7(9)10/h7,13H,3-5H2,1-2H3. The smallest absolute Gasteiger partial charge is 0.319 e. The summed E-state index contributed by atoms with van der Waals surface area (Å²) in [5, 5.41) is 2.00. The molecule has 1 N–H and O–H groups in total. The van der Waals surface area contributed by atoms with Crippen molar-refractivity contribution < 1.29 is 22.4 Å². The van der Waals surface area contributed by atoms with Crippen molar-refractivity contribution in [2.24, 2.45) is 0 Å². The van der Waals surface area contributed by atoms with Crippen molar-refractivity contribution in [3.8, 4) is 0 Å². The summed E-state index contributed by atoms with van der Waals surface area (Å²) in [6, 6.07) is 0. The summed E-state index contributed by atoms with van der Waals surface area (Å²) in [7, 11) is 1.50. The minimum atomic E-state index is -4.09. The lowest BCUT2D eigenvalue weighted by Crippen LogP contribution is -2.43. The number of rotatable bonds is 6. The van der Waals surface area contributed by atoms with Crippen molar-refractivity contribution in [2.45, 2.75) is 19.3 Å². The van der Waals surface area contributed by atoms with Gasteiger partial charge in [-0.3, -0.25) is 4.79 Å². The van der Waals surface area contributed by atoms with Crippen LogP contribution in [-0.2, 0) is 4.79 Å². The predicted octanol–water partition coefficient (Wildman–Crippen LogP) is 0.955. The van der Waals surface area contributed by atoms with Crippen LogP contribution >= 0.6 is 0 Å². The van der Waals surface area contributed by atoms with Crippen molar-refractivity contribution in [2.75, 3.05) is 26.7 Å². The number of carbonyl (C=O) groups is 1. The van der Waals surface area contributed by atoms with Gasteiger partial charge in [-0.2, -0.15) is 8.78 Å². The van der Waals surface area contributed by atoms with Gasteiger partial charge < -0.3 is 10.2 Å². The molecule has 0 aromatic rings. The number of nitrogens with one attached hydrogen (secondary N) is 1. The molecule has 0 aliphatic carbocycles. The SMILES string of the molecule is CCN(C)C(=O)CNCC(F)(F)C(F)F. The molecule has 0 radical (unpaired) electrons. The Bertz CT molecular complexity index is 211. The molecule has 90 valence electrons. The van der Waals surface area contributed by atoms with Crippen LogP contribution in [0, 0.1) is 0 Å². The van der Waals surface area contributed by atoms with Crippen LogP contribution in [0.15, 0.2) is 0 Å². The maximum absolute atomic E-state index is 12.3. The number of nitrogens with zero attached hydrogens (tertiary/aromatic N) is 1. The van der Waals surface area contributed by atoms with Crippen LogP contribution in [0.5, 0.6) is 0 Å². The molecular formula is C8H14F4N2O. The fraction of sp³-hybridized carbons (Fsp3) is 0.875. The van der Waals surface area contributed by atoms with Crippen molar-refractivity contribution in [1.29, 1.82) is 0 Å². The van der Waals surface area contributed by atoms with Gasteiger partial charge in [0.15, 0.2) is 0 Å². The zero-order valence-corrected chi connectivity index (χ0v) is 8.57. The van der Waals surface area contributed by atoms with Crippen molar-refractivity contribution in [1.82, 2.24) is 10.2 Å². The highest BCUT2D eigenvalue weighted by Crippen LogP contribution is 2.21. The Morgan fingerprint density at radius 1 is 1.47 bits per heavy atom. The highest BCUT2D eigenvalue weighted by Gasteiger charge is 2.40. The van der Waals surface area contributed by atoms with Gasteiger partial charge in [0.2, 0.25) is 5.91 Å². The summed E-state index contributed by atoms with van der Waals surface area (Å²) < 4.78 is 48.0. The number of likely N-dealkylation sites (N-methyl/N-ethyl adjacent to an activating group) is 1. The number of alkyl halides is 4. The topological polar surface area (TPSA) is 32.3 Å². The molecule has 7 heteroatoms. The molecule has 0 saturated heterocycles. The summed E-state index contributed by atoms with van der Waals surface area (Å²) >= 11 is 0. The zero-order valence-electron chi connectivity index (χ0n) is 8.57. The van der Waals surface area contributed by atoms with Crippen LogP contribution in [0.1, 0.15) is 6.92 Å². The maximum Gasteiger partial charge on any atom is 0.319 e. The van der Waals surface area contributed by atoms with E-state index in [0.29, 0.717) is 6.54 Å². The Morgan fingerprint density at radius 2 is 2.00 bits per heavy atom. The molecule has 0 aromatic carbocycles. The molecule has 0 aliphatic rings. The van der Waals surface area contributed by atoms with Crippen molar-refractivity contribution >= 4 is 5.91 Å². The first-order chi connectivity index (χ1) is 6.81. The van der Waals surface area contributed by atoms with Gasteiger partial charge in [0.25, 0.3) is 0 Å². The average molecular weight is 230 g/mol. The normalized spacial score (nSPS) is 11.9. The summed E-state index contributed by atoms with van der Waals surface area (Å²) in [4.78, 5) is 12.4. The first-order valence-corrected chi connectivity index (χ1v) is 4.42. The maximum atomic E-state index is 12.3. The molecule has 0 fully saturated rings. The summed E-state index contributed by atoms with van der Waals surface area (Å²) in [6.45, 7) is 0.581. The van der Waals surface area contributed by atoms with Crippen LogP contribution in [0.25, 0.3) is 0 Å². The van der Waals surface area contributed by atoms with E-state index in [2.05, 4.69) is 0 Å². The Kier molecular flexibility index (Phi) is 5.56. The summed E-state index contributed by atoms with van der Waals surface area (Å²) in [5.74, 6) is -4.51. The highest BCUT2D eigenvalue weighted by molar-refractivity contribution is 5.77.